The van der Waals surface area contributed by atoms with Crippen LogP contribution in [-0.4, -0.2) is 0 Å². The first-order valence-corrected chi connectivity index (χ1v) is 5.49. The molecule has 2 rings (SSSR count). The summed E-state index contributed by atoms with van der Waals surface area (Å²) in [6.07, 6.45) is 2.89. The topological polar surface area (TPSA) is 0 Å². The van der Waals surface area contributed by atoms with Crippen molar-refractivity contribution in [2.24, 2.45) is 0 Å². The maximum atomic E-state index is 3.76. The second-order valence-electron chi connectivity index (χ2n) is 3.13. The first-order chi connectivity index (χ1) is 7.42. The van der Waals surface area contributed by atoms with Crippen LogP contribution >= 0.6 is 0 Å². The molecule has 0 aliphatic carbocycles. The van der Waals surface area contributed by atoms with E-state index in [0.29, 0.717) is 0 Å². The Labute approximate surface area is 92.3 Å². The average molecular weight is 198 g/mol. The zero-order valence-electron chi connectivity index (χ0n) is 9.53. The summed E-state index contributed by atoms with van der Waals surface area (Å²) < 4.78 is 0. The zero-order valence-corrected chi connectivity index (χ0v) is 9.53. The highest BCUT2D eigenvalue weighted by Crippen LogP contribution is 2.18. The van der Waals surface area contributed by atoms with E-state index in [1.165, 1.54) is 16.3 Å². The minimum atomic E-state index is 0.946. The van der Waals surface area contributed by atoms with E-state index in [4.69, 9.17) is 0 Å². The molecule has 0 fully saturated rings. The number of hydrogen-bond acceptors (Lipinski definition) is 0. The van der Waals surface area contributed by atoms with Gasteiger partial charge >= 0.3 is 0 Å². The van der Waals surface area contributed by atoms with Crippen LogP contribution in [0, 0.1) is 0 Å². The highest BCUT2D eigenvalue weighted by molar-refractivity contribution is 5.85. The SMILES string of the molecule is C=CCc1cccc2ccccc12.CC. The van der Waals surface area contributed by atoms with Gasteiger partial charge in [-0.05, 0) is 22.8 Å². The summed E-state index contributed by atoms with van der Waals surface area (Å²) in [5.41, 5.74) is 1.35. The molecule has 78 valence electrons. The third-order valence-electron chi connectivity index (χ3n) is 2.24. The molecule has 15 heavy (non-hydrogen) atoms. The molecular formula is C15H18. The number of hydrogen-bond donors (Lipinski definition) is 0. The van der Waals surface area contributed by atoms with Gasteiger partial charge in [0.2, 0.25) is 0 Å². The van der Waals surface area contributed by atoms with Crippen LogP contribution in [0.5, 0.6) is 0 Å². The number of benzene rings is 2. The van der Waals surface area contributed by atoms with Crippen LogP contribution in [0.1, 0.15) is 19.4 Å². The van der Waals surface area contributed by atoms with E-state index >= 15 is 0 Å². The quantitative estimate of drug-likeness (QED) is 0.619. The van der Waals surface area contributed by atoms with Crippen molar-refractivity contribution in [2.45, 2.75) is 20.3 Å². The molecule has 0 radical (unpaired) electrons. The molecule has 0 heteroatoms. The van der Waals surface area contributed by atoms with Gasteiger partial charge < -0.3 is 0 Å². The van der Waals surface area contributed by atoms with Crippen LogP contribution in [-0.2, 0) is 6.42 Å². The average Bonchev–Trinajstić information content (AvgIpc) is 2.33. The van der Waals surface area contributed by atoms with Crippen LogP contribution in [0.4, 0.5) is 0 Å². The third kappa shape index (κ3) is 2.69. The molecule has 0 heterocycles. The molecular weight excluding hydrogens is 180 g/mol. The Bertz CT molecular complexity index is 421. The lowest BCUT2D eigenvalue weighted by atomic mass is 10.0. The molecule has 0 N–H and O–H groups in total. The summed E-state index contributed by atoms with van der Waals surface area (Å²) in [6.45, 7) is 7.76. The first kappa shape index (κ1) is 11.5. The number of allylic oxidation sites excluding steroid dienone is 1. The van der Waals surface area contributed by atoms with Crippen molar-refractivity contribution in [3.05, 3.63) is 60.7 Å². The molecule has 0 bridgehead atoms. The van der Waals surface area contributed by atoms with Crippen molar-refractivity contribution in [3.8, 4) is 0 Å². The van der Waals surface area contributed by atoms with Crippen LogP contribution in [0.3, 0.4) is 0 Å². The maximum absolute atomic E-state index is 3.76. The van der Waals surface area contributed by atoms with Gasteiger partial charge in [-0.15, -0.1) is 6.58 Å². The normalized spacial score (nSPS) is 9.20. The Morgan fingerprint density at radius 1 is 1.00 bits per heavy atom. The standard InChI is InChI=1S/C13H12.C2H6/c1-2-6-11-8-5-9-12-7-3-4-10-13(11)12;1-2/h2-5,7-10H,1,6H2;1-2H3. The maximum Gasteiger partial charge on any atom is -0.00940 e. The van der Waals surface area contributed by atoms with Gasteiger partial charge in [-0.1, -0.05) is 62.4 Å². The minimum Gasteiger partial charge on any atom is -0.103 e. The van der Waals surface area contributed by atoms with E-state index in [-0.39, 0.29) is 0 Å². The van der Waals surface area contributed by atoms with Crippen molar-refractivity contribution in [1.29, 1.82) is 0 Å². The Hall–Kier alpha value is -1.56. The fraction of sp³-hybridized carbons (Fsp3) is 0.200. The summed E-state index contributed by atoms with van der Waals surface area (Å²) in [5.74, 6) is 0. The van der Waals surface area contributed by atoms with Crippen molar-refractivity contribution in [2.75, 3.05) is 0 Å². The van der Waals surface area contributed by atoms with E-state index in [1.807, 2.05) is 19.9 Å². The molecule has 0 atom stereocenters. The van der Waals surface area contributed by atoms with Gasteiger partial charge in [0.25, 0.3) is 0 Å². The Morgan fingerprint density at radius 3 is 2.40 bits per heavy atom. The third-order valence-corrected chi connectivity index (χ3v) is 2.24. The van der Waals surface area contributed by atoms with E-state index in [9.17, 15) is 0 Å². The molecule has 0 aliphatic heterocycles. The van der Waals surface area contributed by atoms with Gasteiger partial charge in [0.15, 0.2) is 0 Å². The summed E-state index contributed by atoms with van der Waals surface area (Å²) in [6, 6.07) is 14.8. The molecule has 0 nitrogen and oxygen atoms in total. The molecule has 2 aromatic rings. The van der Waals surface area contributed by atoms with Gasteiger partial charge in [0, 0.05) is 0 Å². The molecule has 0 aliphatic rings. The molecule has 0 saturated carbocycles. The van der Waals surface area contributed by atoms with Gasteiger partial charge in [-0.2, -0.15) is 0 Å². The number of fused-ring (bicyclic) bond motifs is 1. The van der Waals surface area contributed by atoms with Crippen LogP contribution in [0.25, 0.3) is 10.8 Å². The zero-order chi connectivity index (χ0) is 11.1. The number of rotatable bonds is 2. The largest absolute Gasteiger partial charge is 0.103 e. The Morgan fingerprint density at radius 2 is 1.67 bits per heavy atom. The molecule has 0 spiro atoms. The lowest BCUT2D eigenvalue weighted by Gasteiger charge is -2.02. The van der Waals surface area contributed by atoms with Gasteiger partial charge in [-0.25, -0.2) is 0 Å². The summed E-state index contributed by atoms with van der Waals surface area (Å²) in [7, 11) is 0. The molecule has 0 amide bonds. The van der Waals surface area contributed by atoms with Gasteiger partial charge in [-0.3, -0.25) is 0 Å². The predicted molar refractivity (Wildman–Crippen MR) is 69.2 cm³/mol. The van der Waals surface area contributed by atoms with E-state index in [0.717, 1.165) is 6.42 Å². The fourth-order valence-electron chi connectivity index (χ4n) is 1.63. The monoisotopic (exact) mass is 198 g/mol. The first-order valence-electron chi connectivity index (χ1n) is 5.49. The minimum absolute atomic E-state index is 0.946. The van der Waals surface area contributed by atoms with Crippen LogP contribution in [0.15, 0.2) is 55.1 Å². The lowest BCUT2D eigenvalue weighted by Crippen LogP contribution is -1.82. The second kappa shape index (κ2) is 6.02. The van der Waals surface area contributed by atoms with Crippen molar-refractivity contribution in [1.82, 2.24) is 0 Å². The van der Waals surface area contributed by atoms with Gasteiger partial charge in [0.05, 0.1) is 0 Å². The summed E-state index contributed by atoms with van der Waals surface area (Å²) in [5, 5.41) is 2.65. The second-order valence-corrected chi connectivity index (χ2v) is 3.13. The summed E-state index contributed by atoms with van der Waals surface area (Å²) >= 11 is 0. The van der Waals surface area contributed by atoms with E-state index in [1.54, 1.807) is 0 Å². The van der Waals surface area contributed by atoms with Crippen LogP contribution < -0.4 is 0 Å². The van der Waals surface area contributed by atoms with Crippen LogP contribution in [0.2, 0.25) is 0 Å². The van der Waals surface area contributed by atoms with E-state index < -0.39 is 0 Å². The van der Waals surface area contributed by atoms with Crippen molar-refractivity contribution in [3.63, 3.8) is 0 Å². The highest BCUT2D eigenvalue weighted by Gasteiger charge is 1.96. The lowest BCUT2D eigenvalue weighted by molar-refractivity contribution is 1.31. The fourth-order valence-corrected chi connectivity index (χ4v) is 1.63. The van der Waals surface area contributed by atoms with Crippen molar-refractivity contribution >= 4 is 10.8 Å². The predicted octanol–water partition coefficient (Wildman–Crippen LogP) is 4.59. The molecule has 2 aromatic carbocycles. The highest BCUT2D eigenvalue weighted by atomic mass is 14.0. The van der Waals surface area contributed by atoms with E-state index in [2.05, 4.69) is 49.0 Å². The van der Waals surface area contributed by atoms with Crippen molar-refractivity contribution < 1.29 is 0 Å². The molecule has 0 aromatic heterocycles. The smallest absolute Gasteiger partial charge is 0.00940 e. The Balaban J connectivity index is 0.000000531. The Kier molecular flexibility index (Phi) is 4.62. The van der Waals surface area contributed by atoms with Gasteiger partial charge in [0.1, 0.15) is 0 Å². The molecule has 0 saturated heterocycles. The summed E-state index contributed by atoms with van der Waals surface area (Å²) in [4.78, 5) is 0. The molecule has 0 unspecified atom stereocenters.